The number of aryl methyl sites for hydroxylation is 1. The lowest BCUT2D eigenvalue weighted by atomic mass is 10.1. The van der Waals surface area contributed by atoms with E-state index >= 15 is 0 Å². The van der Waals surface area contributed by atoms with E-state index in [0.29, 0.717) is 24.2 Å². The zero-order chi connectivity index (χ0) is 14.5. The van der Waals surface area contributed by atoms with Gasteiger partial charge in [-0.15, -0.1) is 0 Å². The summed E-state index contributed by atoms with van der Waals surface area (Å²) in [7, 11) is 0. The topological polar surface area (TPSA) is 64.9 Å². The van der Waals surface area contributed by atoms with Crippen LogP contribution in [-0.2, 0) is 4.79 Å². The summed E-state index contributed by atoms with van der Waals surface area (Å²) in [5.74, 6) is -0.0464. The number of rotatable bonds is 4. The number of anilines is 1. The maximum Gasteiger partial charge on any atom is 0.225 e. The Morgan fingerprint density at radius 1 is 1.37 bits per heavy atom. The number of benzene rings is 1. The van der Waals surface area contributed by atoms with Crippen LogP contribution in [0.15, 0.2) is 18.2 Å². The Balaban J connectivity index is 2.55. The van der Waals surface area contributed by atoms with E-state index in [4.69, 9.17) is 5.26 Å². The van der Waals surface area contributed by atoms with Gasteiger partial charge in [0, 0.05) is 24.2 Å². The third-order valence-corrected chi connectivity index (χ3v) is 2.65. The van der Waals surface area contributed by atoms with Crippen LogP contribution in [0.2, 0.25) is 0 Å². The minimum Gasteiger partial charge on any atom is -0.326 e. The Bertz CT molecular complexity index is 495. The maximum absolute atomic E-state index is 11.8. The fourth-order valence-electron chi connectivity index (χ4n) is 1.59. The van der Waals surface area contributed by atoms with Gasteiger partial charge in [0.25, 0.3) is 0 Å². The highest BCUT2D eigenvalue weighted by Gasteiger charge is 2.10. The molecule has 0 saturated heterocycles. The predicted molar refractivity (Wildman–Crippen MR) is 76.9 cm³/mol. The van der Waals surface area contributed by atoms with Crippen molar-refractivity contribution < 1.29 is 4.79 Å². The lowest BCUT2D eigenvalue weighted by Crippen LogP contribution is -2.37. The molecular weight excluding hydrogens is 238 g/mol. The number of carbonyl (C=O) groups is 1. The number of nitriles is 1. The lowest BCUT2D eigenvalue weighted by molar-refractivity contribution is -0.116. The molecule has 102 valence electrons. The highest BCUT2D eigenvalue weighted by Crippen LogP contribution is 2.16. The minimum absolute atomic E-state index is 0.0108. The highest BCUT2D eigenvalue weighted by atomic mass is 16.1. The zero-order valence-electron chi connectivity index (χ0n) is 12.0. The van der Waals surface area contributed by atoms with Gasteiger partial charge in [-0.3, -0.25) is 4.79 Å². The molecule has 0 fully saturated rings. The molecule has 0 saturated carbocycles. The van der Waals surface area contributed by atoms with E-state index in [9.17, 15) is 4.79 Å². The summed E-state index contributed by atoms with van der Waals surface area (Å²) >= 11 is 0. The van der Waals surface area contributed by atoms with Crippen molar-refractivity contribution in [2.75, 3.05) is 11.9 Å². The first-order chi connectivity index (χ1) is 8.81. The van der Waals surface area contributed by atoms with Crippen molar-refractivity contribution in [2.24, 2.45) is 0 Å². The number of hydrogen-bond acceptors (Lipinski definition) is 3. The Morgan fingerprint density at radius 3 is 2.63 bits per heavy atom. The molecular formula is C15H21N3O. The molecule has 0 aliphatic heterocycles. The van der Waals surface area contributed by atoms with Crippen LogP contribution in [0.25, 0.3) is 0 Å². The second-order valence-electron chi connectivity index (χ2n) is 5.62. The normalized spacial score (nSPS) is 10.9. The van der Waals surface area contributed by atoms with E-state index in [1.54, 1.807) is 12.1 Å². The summed E-state index contributed by atoms with van der Waals surface area (Å²) < 4.78 is 0. The Labute approximate surface area is 114 Å². The minimum atomic E-state index is -0.0464. The van der Waals surface area contributed by atoms with Crippen LogP contribution < -0.4 is 10.6 Å². The Kier molecular flexibility index (Phi) is 5.08. The predicted octanol–water partition coefficient (Wildman–Crippen LogP) is 2.58. The van der Waals surface area contributed by atoms with Gasteiger partial charge in [-0.25, -0.2) is 0 Å². The van der Waals surface area contributed by atoms with Crippen molar-refractivity contribution in [1.29, 1.82) is 5.26 Å². The maximum atomic E-state index is 11.8. The number of hydrogen-bond donors (Lipinski definition) is 2. The molecule has 0 aliphatic rings. The Morgan fingerprint density at radius 2 is 2.05 bits per heavy atom. The second kappa shape index (κ2) is 6.35. The van der Waals surface area contributed by atoms with Crippen LogP contribution in [0.1, 0.15) is 38.3 Å². The quantitative estimate of drug-likeness (QED) is 0.873. The van der Waals surface area contributed by atoms with Crippen molar-refractivity contribution in [1.82, 2.24) is 5.32 Å². The second-order valence-corrected chi connectivity index (χ2v) is 5.62. The monoisotopic (exact) mass is 259 g/mol. The average Bonchev–Trinajstić information content (AvgIpc) is 2.30. The van der Waals surface area contributed by atoms with E-state index in [2.05, 4.69) is 37.5 Å². The van der Waals surface area contributed by atoms with Crippen molar-refractivity contribution in [2.45, 2.75) is 39.7 Å². The zero-order valence-corrected chi connectivity index (χ0v) is 12.0. The van der Waals surface area contributed by atoms with Crippen LogP contribution >= 0.6 is 0 Å². The number of carbonyl (C=O) groups excluding carboxylic acids is 1. The molecule has 19 heavy (non-hydrogen) atoms. The van der Waals surface area contributed by atoms with Crippen molar-refractivity contribution in [3.05, 3.63) is 29.3 Å². The van der Waals surface area contributed by atoms with Crippen LogP contribution in [0.4, 0.5) is 5.69 Å². The van der Waals surface area contributed by atoms with E-state index in [-0.39, 0.29) is 11.4 Å². The van der Waals surface area contributed by atoms with Gasteiger partial charge in [0.05, 0.1) is 11.6 Å². The Hall–Kier alpha value is -1.86. The fraction of sp³-hybridized carbons (Fsp3) is 0.467. The molecule has 0 unspecified atom stereocenters. The average molecular weight is 259 g/mol. The van der Waals surface area contributed by atoms with Gasteiger partial charge in [-0.05, 0) is 45.4 Å². The molecule has 0 atom stereocenters. The SMILES string of the molecule is Cc1ccc(C#N)cc1NC(=O)CCNC(C)(C)C. The van der Waals surface area contributed by atoms with Crippen molar-refractivity contribution >= 4 is 11.6 Å². The molecule has 1 aromatic rings. The summed E-state index contributed by atoms with van der Waals surface area (Å²) in [6, 6.07) is 7.34. The number of nitrogens with one attached hydrogen (secondary N) is 2. The molecule has 0 spiro atoms. The highest BCUT2D eigenvalue weighted by molar-refractivity contribution is 5.91. The third-order valence-electron chi connectivity index (χ3n) is 2.65. The molecule has 2 N–H and O–H groups in total. The van der Waals surface area contributed by atoms with Crippen LogP contribution in [0.5, 0.6) is 0 Å². The molecule has 4 heteroatoms. The summed E-state index contributed by atoms with van der Waals surface area (Å²) in [6.45, 7) is 8.72. The molecule has 1 aromatic carbocycles. The molecule has 1 rings (SSSR count). The summed E-state index contributed by atoms with van der Waals surface area (Å²) in [5.41, 5.74) is 2.22. The van der Waals surface area contributed by atoms with Gasteiger partial charge < -0.3 is 10.6 Å². The fourth-order valence-corrected chi connectivity index (χ4v) is 1.59. The summed E-state index contributed by atoms with van der Waals surface area (Å²) in [4.78, 5) is 11.8. The number of amides is 1. The third kappa shape index (κ3) is 5.54. The van der Waals surface area contributed by atoms with Crippen LogP contribution in [-0.4, -0.2) is 18.0 Å². The molecule has 0 bridgehead atoms. The van der Waals surface area contributed by atoms with Gasteiger partial charge in [0.1, 0.15) is 0 Å². The summed E-state index contributed by atoms with van der Waals surface area (Å²) in [5, 5.41) is 14.9. The first kappa shape index (κ1) is 15.2. The first-order valence-electron chi connectivity index (χ1n) is 6.37. The molecule has 0 aliphatic carbocycles. The molecule has 4 nitrogen and oxygen atoms in total. The lowest BCUT2D eigenvalue weighted by Gasteiger charge is -2.20. The van der Waals surface area contributed by atoms with Gasteiger partial charge in [-0.1, -0.05) is 6.07 Å². The first-order valence-corrected chi connectivity index (χ1v) is 6.37. The van der Waals surface area contributed by atoms with Crippen molar-refractivity contribution in [3.8, 4) is 6.07 Å². The molecule has 0 aromatic heterocycles. The van der Waals surface area contributed by atoms with E-state index in [0.717, 1.165) is 5.56 Å². The molecule has 0 radical (unpaired) electrons. The summed E-state index contributed by atoms with van der Waals surface area (Å²) in [6.07, 6.45) is 0.410. The standard InChI is InChI=1S/C15H21N3O/c1-11-5-6-12(10-16)9-13(11)18-14(19)7-8-17-15(2,3)4/h5-6,9,17H,7-8H2,1-4H3,(H,18,19). The van der Waals surface area contributed by atoms with E-state index in [1.807, 2.05) is 13.0 Å². The van der Waals surface area contributed by atoms with Crippen LogP contribution in [0, 0.1) is 18.3 Å². The van der Waals surface area contributed by atoms with Gasteiger partial charge in [0.15, 0.2) is 0 Å². The number of nitrogens with zero attached hydrogens (tertiary/aromatic N) is 1. The van der Waals surface area contributed by atoms with Crippen LogP contribution in [0.3, 0.4) is 0 Å². The van der Waals surface area contributed by atoms with E-state index in [1.165, 1.54) is 0 Å². The molecule has 0 heterocycles. The van der Waals surface area contributed by atoms with Crippen molar-refractivity contribution in [3.63, 3.8) is 0 Å². The van der Waals surface area contributed by atoms with Gasteiger partial charge in [-0.2, -0.15) is 5.26 Å². The smallest absolute Gasteiger partial charge is 0.225 e. The van der Waals surface area contributed by atoms with Gasteiger partial charge >= 0.3 is 0 Å². The van der Waals surface area contributed by atoms with E-state index < -0.39 is 0 Å². The van der Waals surface area contributed by atoms with Gasteiger partial charge in [0.2, 0.25) is 5.91 Å². The molecule has 1 amide bonds. The largest absolute Gasteiger partial charge is 0.326 e.